The Balaban J connectivity index is 1.71. The summed E-state index contributed by atoms with van der Waals surface area (Å²) in [6.07, 6.45) is 1.32. The van der Waals surface area contributed by atoms with Crippen LogP contribution in [0.2, 0.25) is 0 Å². The quantitative estimate of drug-likeness (QED) is 0.685. The van der Waals surface area contributed by atoms with Gasteiger partial charge in [-0.1, -0.05) is 0 Å². The number of amides is 2. The lowest BCUT2D eigenvalue weighted by Gasteiger charge is -2.13. The van der Waals surface area contributed by atoms with E-state index in [0.29, 0.717) is 5.69 Å². The van der Waals surface area contributed by atoms with Crippen LogP contribution in [0.3, 0.4) is 0 Å². The van der Waals surface area contributed by atoms with Crippen LogP contribution in [-0.4, -0.2) is 30.9 Å². The molecule has 0 fully saturated rings. The molecule has 148 valence electrons. The standard InChI is InChI=1S/C21H18F2N4O2/c1-27(2)16-6-3-14(4-7-16)25-21(29)19-11-13(9-10-24-19)20(28)26-15-5-8-17(22)18(23)12-15/h3-12H,1-2H3,(H,25,29)(H,26,28). The van der Waals surface area contributed by atoms with Gasteiger partial charge in [-0.3, -0.25) is 14.6 Å². The summed E-state index contributed by atoms with van der Waals surface area (Å²) in [5, 5.41) is 5.16. The van der Waals surface area contributed by atoms with Gasteiger partial charge in [-0.2, -0.15) is 0 Å². The molecule has 0 saturated carbocycles. The summed E-state index contributed by atoms with van der Waals surface area (Å²) in [6, 6.07) is 13.0. The van der Waals surface area contributed by atoms with Crippen molar-refractivity contribution in [2.24, 2.45) is 0 Å². The lowest BCUT2D eigenvalue weighted by molar-refractivity contribution is 0.102. The van der Waals surface area contributed by atoms with Gasteiger partial charge in [-0.25, -0.2) is 8.78 Å². The van der Waals surface area contributed by atoms with Crippen molar-refractivity contribution in [2.75, 3.05) is 29.6 Å². The van der Waals surface area contributed by atoms with Crippen molar-refractivity contribution in [2.45, 2.75) is 0 Å². The number of aromatic nitrogens is 1. The minimum absolute atomic E-state index is 0.0413. The molecule has 1 aromatic heterocycles. The number of hydrogen-bond acceptors (Lipinski definition) is 4. The summed E-state index contributed by atoms with van der Waals surface area (Å²) in [7, 11) is 3.82. The number of carbonyl (C=O) groups is 2. The normalized spacial score (nSPS) is 10.3. The number of anilines is 3. The molecule has 2 amide bonds. The molecule has 0 saturated heterocycles. The van der Waals surface area contributed by atoms with Crippen molar-refractivity contribution in [3.05, 3.63) is 83.7 Å². The first-order valence-electron chi connectivity index (χ1n) is 8.64. The molecule has 0 aliphatic carbocycles. The van der Waals surface area contributed by atoms with Crippen LogP contribution in [0.25, 0.3) is 0 Å². The van der Waals surface area contributed by atoms with E-state index in [9.17, 15) is 18.4 Å². The lowest BCUT2D eigenvalue weighted by atomic mass is 10.2. The first-order valence-corrected chi connectivity index (χ1v) is 8.64. The Morgan fingerprint density at radius 3 is 2.14 bits per heavy atom. The minimum Gasteiger partial charge on any atom is -0.378 e. The van der Waals surface area contributed by atoms with Gasteiger partial charge in [0.2, 0.25) is 0 Å². The Labute approximate surface area is 166 Å². The maximum atomic E-state index is 13.3. The molecule has 0 atom stereocenters. The van der Waals surface area contributed by atoms with Crippen LogP contribution in [0.5, 0.6) is 0 Å². The monoisotopic (exact) mass is 396 g/mol. The predicted molar refractivity (Wildman–Crippen MR) is 107 cm³/mol. The molecule has 2 aromatic carbocycles. The molecule has 0 spiro atoms. The molecule has 3 aromatic rings. The van der Waals surface area contributed by atoms with E-state index < -0.39 is 23.4 Å². The highest BCUT2D eigenvalue weighted by molar-refractivity contribution is 6.07. The van der Waals surface area contributed by atoms with Gasteiger partial charge in [-0.05, 0) is 48.5 Å². The second-order valence-corrected chi connectivity index (χ2v) is 6.41. The Bertz CT molecular complexity index is 1050. The third-order valence-corrected chi connectivity index (χ3v) is 4.07. The fourth-order valence-corrected chi connectivity index (χ4v) is 2.51. The zero-order valence-corrected chi connectivity index (χ0v) is 15.7. The van der Waals surface area contributed by atoms with Gasteiger partial charge in [0.05, 0.1) is 0 Å². The van der Waals surface area contributed by atoms with Crippen molar-refractivity contribution in [1.29, 1.82) is 0 Å². The van der Waals surface area contributed by atoms with Crippen molar-refractivity contribution in [1.82, 2.24) is 4.98 Å². The second kappa shape index (κ2) is 8.47. The summed E-state index contributed by atoms with van der Waals surface area (Å²) in [5.41, 5.74) is 1.85. The molecule has 0 aliphatic heterocycles. The van der Waals surface area contributed by atoms with Crippen LogP contribution in [0.4, 0.5) is 25.8 Å². The average Bonchev–Trinajstić information content (AvgIpc) is 2.71. The Kier molecular flexibility index (Phi) is 5.82. The molecule has 0 unspecified atom stereocenters. The van der Waals surface area contributed by atoms with Crippen LogP contribution in [0.15, 0.2) is 60.8 Å². The second-order valence-electron chi connectivity index (χ2n) is 6.41. The molecule has 0 bridgehead atoms. The molecule has 2 N–H and O–H groups in total. The summed E-state index contributed by atoms with van der Waals surface area (Å²) >= 11 is 0. The van der Waals surface area contributed by atoms with Crippen molar-refractivity contribution < 1.29 is 18.4 Å². The summed E-state index contributed by atoms with van der Waals surface area (Å²) in [6.45, 7) is 0. The highest BCUT2D eigenvalue weighted by Gasteiger charge is 2.13. The Hall–Kier alpha value is -3.81. The Morgan fingerprint density at radius 1 is 0.828 bits per heavy atom. The molecular formula is C21H18F2N4O2. The van der Waals surface area contributed by atoms with Crippen molar-refractivity contribution in [3.8, 4) is 0 Å². The van der Waals surface area contributed by atoms with Gasteiger partial charge in [0.25, 0.3) is 11.8 Å². The summed E-state index contributed by atoms with van der Waals surface area (Å²) in [5.74, 6) is -3.14. The van der Waals surface area contributed by atoms with E-state index in [1.54, 1.807) is 12.1 Å². The topological polar surface area (TPSA) is 74.3 Å². The molecule has 0 radical (unpaired) electrons. The first kappa shape index (κ1) is 19.9. The minimum atomic E-state index is -1.07. The van der Waals surface area contributed by atoms with Crippen LogP contribution in [0.1, 0.15) is 20.8 Å². The third-order valence-electron chi connectivity index (χ3n) is 4.07. The van der Waals surface area contributed by atoms with E-state index in [4.69, 9.17) is 0 Å². The molecule has 1 heterocycles. The number of nitrogens with zero attached hydrogens (tertiary/aromatic N) is 2. The van der Waals surface area contributed by atoms with E-state index in [1.807, 2.05) is 31.1 Å². The lowest BCUT2D eigenvalue weighted by Crippen LogP contribution is -2.17. The van der Waals surface area contributed by atoms with Crippen molar-refractivity contribution in [3.63, 3.8) is 0 Å². The first-order chi connectivity index (χ1) is 13.8. The van der Waals surface area contributed by atoms with Gasteiger partial charge in [-0.15, -0.1) is 0 Å². The molecule has 0 aliphatic rings. The average molecular weight is 396 g/mol. The number of carbonyl (C=O) groups excluding carboxylic acids is 2. The molecule has 8 heteroatoms. The molecule has 6 nitrogen and oxygen atoms in total. The van der Waals surface area contributed by atoms with E-state index in [-0.39, 0.29) is 16.9 Å². The smallest absolute Gasteiger partial charge is 0.274 e. The summed E-state index contributed by atoms with van der Waals surface area (Å²) < 4.78 is 26.3. The maximum absolute atomic E-state index is 13.3. The van der Waals surface area contributed by atoms with E-state index >= 15 is 0 Å². The van der Waals surface area contributed by atoms with Gasteiger partial charge in [0.15, 0.2) is 11.6 Å². The zero-order chi connectivity index (χ0) is 21.0. The molecule has 3 rings (SSSR count). The largest absolute Gasteiger partial charge is 0.378 e. The van der Waals surface area contributed by atoms with Crippen LogP contribution < -0.4 is 15.5 Å². The maximum Gasteiger partial charge on any atom is 0.274 e. The Morgan fingerprint density at radius 2 is 1.48 bits per heavy atom. The fraction of sp³-hybridized carbons (Fsp3) is 0.0952. The zero-order valence-electron chi connectivity index (χ0n) is 15.7. The highest BCUT2D eigenvalue weighted by Crippen LogP contribution is 2.17. The van der Waals surface area contributed by atoms with E-state index in [1.165, 1.54) is 24.4 Å². The number of benzene rings is 2. The van der Waals surface area contributed by atoms with Crippen LogP contribution >= 0.6 is 0 Å². The SMILES string of the molecule is CN(C)c1ccc(NC(=O)c2cc(C(=O)Nc3ccc(F)c(F)c3)ccn2)cc1. The molecule has 29 heavy (non-hydrogen) atoms. The number of hydrogen-bond donors (Lipinski definition) is 2. The van der Waals surface area contributed by atoms with Gasteiger partial charge >= 0.3 is 0 Å². The van der Waals surface area contributed by atoms with Gasteiger partial charge in [0.1, 0.15) is 5.69 Å². The van der Waals surface area contributed by atoms with Gasteiger partial charge < -0.3 is 15.5 Å². The van der Waals surface area contributed by atoms with E-state index in [0.717, 1.165) is 17.8 Å². The van der Waals surface area contributed by atoms with Gasteiger partial charge in [0, 0.05) is 49.0 Å². The third kappa shape index (κ3) is 4.92. The van der Waals surface area contributed by atoms with Crippen molar-refractivity contribution >= 4 is 28.9 Å². The number of nitrogens with one attached hydrogen (secondary N) is 2. The number of halogens is 2. The van der Waals surface area contributed by atoms with Crippen LogP contribution in [0, 0.1) is 11.6 Å². The highest BCUT2D eigenvalue weighted by atomic mass is 19.2. The molecular weight excluding hydrogens is 378 g/mol. The number of rotatable bonds is 5. The fourth-order valence-electron chi connectivity index (χ4n) is 2.51. The summed E-state index contributed by atoms with van der Waals surface area (Å²) in [4.78, 5) is 30.7. The van der Waals surface area contributed by atoms with E-state index in [2.05, 4.69) is 15.6 Å². The number of pyridine rings is 1. The predicted octanol–water partition coefficient (Wildman–Crippen LogP) is 3.93. The van der Waals surface area contributed by atoms with Crippen LogP contribution in [-0.2, 0) is 0 Å².